The van der Waals surface area contributed by atoms with Crippen molar-refractivity contribution < 1.29 is 9.84 Å². The first-order valence-corrected chi connectivity index (χ1v) is 6.53. The monoisotopic (exact) mass is 228 g/mol. The van der Waals surface area contributed by atoms with Crippen LogP contribution in [0.5, 0.6) is 0 Å². The van der Waals surface area contributed by atoms with Gasteiger partial charge >= 0.3 is 0 Å². The SMILES string of the molecule is C=C(C)C(C)(O)OCCCCCCCCC. The van der Waals surface area contributed by atoms with Gasteiger partial charge in [0.2, 0.25) is 0 Å². The lowest BCUT2D eigenvalue weighted by atomic mass is 10.1. The molecule has 0 heterocycles. The van der Waals surface area contributed by atoms with E-state index in [2.05, 4.69) is 13.5 Å². The van der Waals surface area contributed by atoms with Gasteiger partial charge in [-0.2, -0.15) is 0 Å². The largest absolute Gasteiger partial charge is 0.362 e. The molecule has 1 atom stereocenters. The molecule has 0 spiro atoms. The molecule has 96 valence electrons. The second-order valence-electron chi connectivity index (χ2n) is 4.73. The van der Waals surface area contributed by atoms with E-state index in [-0.39, 0.29) is 0 Å². The van der Waals surface area contributed by atoms with Crippen molar-refractivity contribution in [3.8, 4) is 0 Å². The standard InChI is InChI=1S/C14H28O2/c1-5-6-7-8-9-10-11-12-16-14(4,15)13(2)3/h15H,2,5-12H2,1,3-4H3. The van der Waals surface area contributed by atoms with Crippen LogP contribution < -0.4 is 0 Å². The summed E-state index contributed by atoms with van der Waals surface area (Å²) in [4.78, 5) is 0. The van der Waals surface area contributed by atoms with Gasteiger partial charge in [-0.1, -0.05) is 52.0 Å². The van der Waals surface area contributed by atoms with E-state index in [0.29, 0.717) is 12.2 Å². The number of aliphatic hydroxyl groups is 1. The van der Waals surface area contributed by atoms with Gasteiger partial charge in [-0.25, -0.2) is 0 Å². The molecule has 0 rings (SSSR count). The summed E-state index contributed by atoms with van der Waals surface area (Å²) in [6.07, 6.45) is 8.81. The number of ether oxygens (including phenoxy) is 1. The zero-order chi connectivity index (χ0) is 12.4. The van der Waals surface area contributed by atoms with Gasteiger partial charge in [-0.05, 0) is 25.8 Å². The minimum Gasteiger partial charge on any atom is -0.362 e. The Morgan fingerprint density at radius 2 is 1.62 bits per heavy atom. The summed E-state index contributed by atoms with van der Waals surface area (Å²) in [5.41, 5.74) is 0.662. The molecule has 0 amide bonds. The average Bonchev–Trinajstić information content (AvgIpc) is 2.21. The second kappa shape index (κ2) is 8.77. The average molecular weight is 228 g/mol. The van der Waals surface area contributed by atoms with E-state index in [1.807, 2.05) is 0 Å². The smallest absolute Gasteiger partial charge is 0.184 e. The molecular weight excluding hydrogens is 200 g/mol. The molecule has 0 aliphatic rings. The predicted octanol–water partition coefficient (Wildman–Crippen LogP) is 4.04. The Kier molecular flexibility index (Phi) is 8.58. The third-order valence-corrected chi connectivity index (χ3v) is 2.92. The maximum atomic E-state index is 9.74. The molecule has 2 nitrogen and oxygen atoms in total. The summed E-state index contributed by atoms with van der Waals surface area (Å²) in [6.45, 7) is 9.98. The van der Waals surface area contributed by atoms with E-state index in [4.69, 9.17) is 4.74 Å². The van der Waals surface area contributed by atoms with Crippen molar-refractivity contribution in [2.45, 2.75) is 71.5 Å². The van der Waals surface area contributed by atoms with Crippen molar-refractivity contribution in [2.75, 3.05) is 6.61 Å². The van der Waals surface area contributed by atoms with Crippen molar-refractivity contribution in [2.24, 2.45) is 0 Å². The quantitative estimate of drug-likeness (QED) is 0.347. The Morgan fingerprint density at radius 3 is 2.12 bits per heavy atom. The summed E-state index contributed by atoms with van der Waals surface area (Å²) in [6, 6.07) is 0. The fourth-order valence-electron chi connectivity index (χ4n) is 1.45. The lowest BCUT2D eigenvalue weighted by Gasteiger charge is -2.23. The molecule has 0 bridgehead atoms. The fraction of sp³-hybridized carbons (Fsp3) is 0.857. The minimum atomic E-state index is -1.15. The lowest BCUT2D eigenvalue weighted by molar-refractivity contribution is -0.161. The highest BCUT2D eigenvalue weighted by Crippen LogP contribution is 2.16. The predicted molar refractivity (Wildman–Crippen MR) is 69.4 cm³/mol. The highest BCUT2D eigenvalue weighted by Gasteiger charge is 2.20. The first-order valence-electron chi connectivity index (χ1n) is 6.53. The van der Waals surface area contributed by atoms with Crippen LogP contribution in [0.2, 0.25) is 0 Å². The number of unbranched alkanes of at least 4 members (excludes halogenated alkanes) is 6. The number of rotatable bonds is 10. The van der Waals surface area contributed by atoms with Crippen molar-refractivity contribution in [3.63, 3.8) is 0 Å². The van der Waals surface area contributed by atoms with E-state index in [9.17, 15) is 5.11 Å². The van der Waals surface area contributed by atoms with Crippen LogP contribution in [0.3, 0.4) is 0 Å². The molecule has 0 radical (unpaired) electrons. The van der Waals surface area contributed by atoms with Gasteiger partial charge in [0.05, 0.1) is 6.61 Å². The third kappa shape index (κ3) is 7.89. The van der Waals surface area contributed by atoms with Crippen LogP contribution in [-0.2, 0) is 4.74 Å². The van der Waals surface area contributed by atoms with Gasteiger partial charge in [-0.3, -0.25) is 0 Å². The van der Waals surface area contributed by atoms with Crippen LogP contribution >= 0.6 is 0 Å². The number of hydrogen-bond acceptors (Lipinski definition) is 2. The van der Waals surface area contributed by atoms with Crippen molar-refractivity contribution in [1.29, 1.82) is 0 Å². The van der Waals surface area contributed by atoms with Gasteiger partial charge in [0.1, 0.15) is 0 Å². The van der Waals surface area contributed by atoms with Gasteiger partial charge in [0.15, 0.2) is 5.79 Å². The summed E-state index contributed by atoms with van der Waals surface area (Å²) >= 11 is 0. The van der Waals surface area contributed by atoms with E-state index in [0.717, 1.165) is 6.42 Å². The van der Waals surface area contributed by atoms with E-state index >= 15 is 0 Å². The molecule has 0 aliphatic heterocycles. The Bertz CT molecular complexity index is 185. The molecule has 1 unspecified atom stereocenters. The molecule has 0 aromatic heterocycles. The first-order chi connectivity index (χ1) is 7.50. The zero-order valence-electron chi connectivity index (χ0n) is 11.2. The summed E-state index contributed by atoms with van der Waals surface area (Å²) in [7, 11) is 0. The van der Waals surface area contributed by atoms with Gasteiger partial charge in [-0.15, -0.1) is 0 Å². The topological polar surface area (TPSA) is 29.5 Å². The fourth-order valence-corrected chi connectivity index (χ4v) is 1.45. The van der Waals surface area contributed by atoms with E-state index < -0.39 is 5.79 Å². The van der Waals surface area contributed by atoms with Crippen LogP contribution in [0.1, 0.15) is 65.7 Å². The zero-order valence-corrected chi connectivity index (χ0v) is 11.2. The van der Waals surface area contributed by atoms with Gasteiger partial charge in [0.25, 0.3) is 0 Å². The maximum Gasteiger partial charge on any atom is 0.184 e. The summed E-state index contributed by atoms with van der Waals surface area (Å²) in [5.74, 6) is -1.15. The molecule has 0 aromatic rings. The Hall–Kier alpha value is -0.340. The molecule has 0 saturated heterocycles. The Labute approximate surface area is 101 Å². The van der Waals surface area contributed by atoms with Crippen LogP contribution in [0, 0.1) is 0 Å². The molecule has 0 fully saturated rings. The molecule has 16 heavy (non-hydrogen) atoms. The van der Waals surface area contributed by atoms with Crippen LogP contribution in [0.4, 0.5) is 0 Å². The van der Waals surface area contributed by atoms with Gasteiger partial charge in [0, 0.05) is 0 Å². The second-order valence-corrected chi connectivity index (χ2v) is 4.73. The normalized spacial score (nSPS) is 14.8. The van der Waals surface area contributed by atoms with Crippen LogP contribution in [-0.4, -0.2) is 17.5 Å². The van der Waals surface area contributed by atoms with E-state index in [1.165, 1.54) is 38.5 Å². The van der Waals surface area contributed by atoms with Crippen molar-refractivity contribution in [1.82, 2.24) is 0 Å². The van der Waals surface area contributed by atoms with Crippen LogP contribution in [0.15, 0.2) is 12.2 Å². The highest BCUT2D eigenvalue weighted by atomic mass is 16.6. The first kappa shape index (κ1) is 15.7. The Balaban J connectivity index is 3.30. The molecule has 0 aromatic carbocycles. The summed E-state index contributed by atoms with van der Waals surface area (Å²) in [5, 5.41) is 9.74. The lowest BCUT2D eigenvalue weighted by Crippen LogP contribution is -2.29. The molecular formula is C14H28O2. The molecule has 0 saturated carbocycles. The molecule has 2 heteroatoms. The molecule has 0 aliphatic carbocycles. The highest BCUT2D eigenvalue weighted by molar-refractivity contribution is 5.00. The number of hydrogen-bond donors (Lipinski definition) is 1. The summed E-state index contributed by atoms with van der Waals surface area (Å²) < 4.78 is 5.37. The minimum absolute atomic E-state index is 0.619. The van der Waals surface area contributed by atoms with Crippen molar-refractivity contribution >= 4 is 0 Å². The Morgan fingerprint density at radius 1 is 1.12 bits per heavy atom. The maximum absolute atomic E-state index is 9.74. The van der Waals surface area contributed by atoms with E-state index in [1.54, 1.807) is 13.8 Å². The third-order valence-electron chi connectivity index (χ3n) is 2.92. The van der Waals surface area contributed by atoms with Crippen LogP contribution in [0.25, 0.3) is 0 Å². The van der Waals surface area contributed by atoms with Crippen molar-refractivity contribution in [3.05, 3.63) is 12.2 Å². The van der Waals surface area contributed by atoms with Gasteiger partial charge < -0.3 is 9.84 Å². The molecule has 1 N–H and O–H groups in total.